The Morgan fingerprint density at radius 1 is 1.57 bits per heavy atom. The molecule has 77 valence electrons. The van der Waals surface area contributed by atoms with Crippen LogP contribution in [-0.4, -0.2) is 13.1 Å². The van der Waals surface area contributed by atoms with E-state index < -0.39 is 0 Å². The zero-order valence-electron chi connectivity index (χ0n) is 8.88. The van der Waals surface area contributed by atoms with Crippen LogP contribution in [0.4, 0.5) is 0 Å². The van der Waals surface area contributed by atoms with Crippen LogP contribution in [0.3, 0.4) is 0 Å². The van der Waals surface area contributed by atoms with Gasteiger partial charge in [-0.3, -0.25) is 0 Å². The van der Waals surface area contributed by atoms with Crippen LogP contribution in [-0.2, 0) is 9.53 Å². The molecule has 1 radical (unpaired) electrons. The van der Waals surface area contributed by atoms with E-state index >= 15 is 0 Å². The van der Waals surface area contributed by atoms with Gasteiger partial charge in [-0.1, -0.05) is 25.0 Å². The van der Waals surface area contributed by atoms with Crippen LogP contribution in [0.15, 0.2) is 23.3 Å². The molecule has 0 unspecified atom stereocenters. The monoisotopic (exact) mass is 193 g/mol. The summed E-state index contributed by atoms with van der Waals surface area (Å²) < 4.78 is 4.67. The van der Waals surface area contributed by atoms with E-state index in [2.05, 4.69) is 11.7 Å². The van der Waals surface area contributed by atoms with Gasteiger partial charge in [-0.15, -0.1) is 0 Å². The lowest BCUT2D eigenvalue weighted by molar-refractivity contribution is -0.135. The van der Waals surface area contributed by atoms with E-state index in [-0.39, 0.29) is 5.97 Å². The van der Waals surface area contributed by atoms with Crippen molar-refractivity contribution >= 4 is 5.97 Å². The van der Waals surface area contributed by atoms with E-state index in [1.807, 2.05) is 18.6 Å². The summed E-state index contributed by atoms with van der Waals surface area (Å²) in [5.74, 6) is -0.241. The Kier molecular flexibility index (Phi) is 4.44. The average Bonchev–Trinajstić information content (AvgIpc) is 2.25. The first-order chi connectivity index (χ1) is 6.77. The van der Waals surface area contributed by atoms with Gasteiger partial charge in [0.1, 0.15) is 0 Å². The summed E-state index contributed by atoms with van der Waals surface area (Å²) in [4.78, 5) is 11.2. The van der Waals surface area contributed by atoms with Crippen molar-refractivity contribution in [2.45, 2.75) is 32.6 Å². The molecule has 1 rings (SSSR count). The minimum atomic E-state index is -0.241. The first-order valence-electron chi connectivity index (χ1n) is 5.09. The highest BCUT2D eigenvalue weighted by Gasteiger charge is 2.11. The Hall–Kier alpha value is -1.05. The lowest BCUT2D eigenvalue weighted by Crippen LogP contribution is -2.06. The van der Waals surface area contributed by atoms with E-state index in [1.54, 1.807) is 0 Å². The topological polar surface area (TPSA) is 26.3 Å². The first-order valence-corrected chi connectivity index (χ1v) is 5.09. The molecule has 0 aromatic heterocycles. The maximum absolute atomic E-state index is 11.2. The summed E-state index contributed by atoms with van der Waals surface area (Å²) in [6.45, 7) is 2.17. The van der Waals surface area contributed by atoms with Gasteiger partial charge in [-0.2, -0.15) is 0 Å². The summed E-state index contributed by atoms with van der Waals surface area (Å²) >= 11 is 0. The van der Waals surface area contributed by atoms with Gasteiger partial charge in [-0.25, -0.2) is 4.79 Å². The van der Waals surface area contributed by atoms with Crippen molar-refractivity contribution in [2.24, 2.45) is 0 Å². The summed E-state index contributed by atoms with van der Waals surface area (Å²) in [6.07, 6.45) is 10.3. The molecule has 1 aliphatic rings. The molecule has 14 heavy (non-hydrogen) atoms. The lowest BCUT2D eigenvalue weighted by Gasteiger charge is -2.11. The molecule has 0 amide bonds. The number of carbonyl (C=O) groups excluding carboxylic acids is 1. The van der Waals surface area contributed by atoms with E-state index in [1.165, 1.54) is 25.5 Å². The SMILES string of the molecule is CCCCC1=CC(C(=O)OC)=C[CH]C1. The largest absolute Gasteiger partial charge is 0.465 e. The molecule has 1 aliphatic carbocycles. The van der Waals surface area contributed by atoms with E-state index in [0.29, 0.717) is 5.57 Å². The van der Waals surface area contributed by atoms with Crippen LogP contribution in [0.1, 0.15) is 32.6 Å². The predicted octanol–water partition coefficient (Wildman–Crippen LogP) is 2.81. The van der Waals surface area contributed by atoms with Crippen molar-refractivity contribution < 1.29 is 9.53 Å². The molecule has 0 fully saturated rings. The van der Waals surface area contributed by atoms with Gasteiger partial charge in [0, 0.05) is 0 Å². The van der Waals surface area contributed by atoms with Crippen LogP contribution in [0.5, 0.6) is 0 Å². The second kappa shape index (κ2) is 5.63. The molecule has 0 saturated carbocycles. The second-order valence-corrected chi connectivity index (χ2v) is 3.46. The van der Waals surface area contributed by atoms with Crippen LogP contribution in [0.25, 0.3) is 0 Å². The highest BCUT2D eigenvalue weighted by atomic mass is 16.5. The minimum absolute atomic E-state index is 0.241. The highest BCUT2D eigenvalue weighted by molar-refractivity contribution is 5.92. The van der Waals surface area contributed by atoms with Gasteiger partial charge in [0.15, 0.2) is 0 Å². The Morgan fingerprint density at radius 3 is 3.00 bits per heavy atom. The van der Waals surface area contributed by atoms with Crippen molar-refractivity contribution in [3.63, 3.8) is 0 Å². The normalized spacial score (nSPS) is 15.9. The fraction of sp³-hybridized carbons (Fsp3) is 0.500. The number of allylic oxidation sites excluding steroid dienone is 2. The average molecular weight is 193 g/mol. The number of hydrogen-bond donors (Lipinski definition) is 0. The summed E-state index contributed by atoms with van der Waals surface area (Å²) in [6, 6.07) is 0. The minimum Gasteiger partial charge on any atom is -0.465 e. The molecule has 0 saturated heterocycles. The fourth-order valence-corrected chi connectivity index (χ4v) is 1.49. The third-order valence-electron chi connectivity index (χ3n) is 2.31. The molecule has 2 heteroatoms. The molecule has 0 spiro atoms. The molecular formula is C12H17O2. The van der Waals surface area contributed by atoms with Gasteiger partial charge >= 0.3 is 5.97 Å². The maximum atomic E-state index is 11.2. The molecule has 0 aromatic rings. The molecule has 0 aromatic carbocycles. The fourth-order valence-electron chi connectivity index (χ4n) is 1.49. The third-order valence-corrected chi connectivity index (χ3v) is 2.31. The Labute approximate surface area is 85.6 Å². The van der Waals surface area contributed by atoms with Gasteiger partial charge in [0.2, 0.25) is 0 Å². The van der Waals surface area contributed by atoms with Crippen LogP contribution in [0, 0.1) is 6.42 Å². The summed E-state index contributed by atoms with van der Waals surface area (Å²) in [7, 11) is 1.41. The molecule has 0 heterocycles. The number of ether oxygens (including phenoxy) is 1. The number of unbranched alkanes of at least 4 members (excludes halogenated alkanes) is 1. The van der Waals surface area contributed by atoms with Crippen molar-refractivity contribution in [1.29, 1.82) is 0 Å². The van der Waals surface area contributed by atoms with Gasteiger partial charge in [0.25, 0.3) is 0 Å². The van der Waals surface area contributed by atoms with Crippen LogP contribution < -0.4 is 0 Å². The smallest absolute Gasteiger partial charge is 0.337 e. The van der Waals surface area contributed by atoms with Gasteiger partial charge < -0.3 is 4.74 Å². The lowest BCUT2D eigenvalue weighted by atomic mass is 9.95. The second-order valence-electron chi connectivity index (χ2n) is 3.46. The first kappa shape index (κ1) is 11.0. The third kappa shape index (κ3) is 3.02. The van der Waals surface area contributed by atoms with E-state index in [4.69, 9.17) is 0 Å². The summed E-state index contributed by atoms with van der Waals surface area (Å²) in [5, 5.41) is 0. The number of carbonyl (C=O) groups is 1. The van der Waals surface area contributed by atoms with E-state index in [9.17, 15) is 4.79 Å². The highest BCUT2D eigenvalue weighted by Crippen LogP contribution is 2.21. The quantitative estimate of drug-likeness (QED) is 0.642. The van der Waals surface area contributed by atoms with Crippen molar-refractivity contribution in [3.05, 3.63) is 29.7 Å². The zero-order chi connectivity index (χ0) is 10.4. The van der Waals surface area contributed by atoms with Gasteiger partial charge in [0.05, 0.1) is 12.7 Å². The Bertz CT molecular complexity index is 261. The number of rotatable bonds is 4. The maximum Gasteiger partial charge on any atom is 0.337 e. The molecule has 0 N–H and O–H groups in total. The van der Waals surface area contributed by atoms with Crippen molar-refractivity contribution in [1.82, 2.24) is 0 Å². The van der Waals surface area contributed by atoms with Crippen molar-refractivity contribution in [2.75, 3.05) is 7.11 Å². The molecule has 2 nitrogen and oxygen atoms in total. The Balaban J connectivity index is 2.58. The number of esters is 1. The van der Waals surface area contributed by atoms with Gasteiger partial charge in [-0.05, 0) is 31.8 Å². The number of methoxy groups -OCH3 is 1. The predicted molar refractivity (Wildman–Crippen MR) is 56.6 cm³/mol. The molecule has 0 aliphatic heterocycles. The Morgan fingerprint density at radius 2 is 2.36 bits per heavy atom. The molecule has 0 atom stereocenters. The summed E-state index contributed by atoms with van der Waals surface area (Å²) in [5.41, 5.74) is 2.00. The number of hydrogen-bond acceptors (Lipinski definition) is 2. The van der Waals surface area contributed by atoms with Crippen LogP contribution in [0.2, 0.25) is 0 Å². The van der Waals surface area contributed by atoms with Crippen LogP contribution >= 0.6 is 0 Å². The van der Waals surface area contributed by atoms with Crippen molar-refractivity contribution in [3.8, 4) is 0 Å². The standard InChI is InChI=1S/C12H17O2/c1-3-4-6-10-7-5-8-11(9-10)12(13)14-2/h5,8-9H,3-4,6-7H2,1-2H3. The zero-order valence-corrected chi connectivity index (χ0v) is 8.88. The molecular weight excluding hydrogens is 176 g/mol. The molecule has 0 bridgehead atoms. The van der Waals surface area contributed by atoms with E-state index in [0.717, 1.165) is 12.8 Å².